The summed E-state index contributed by atoms with van der Waals surface area (Å²) in [6, 6.07) is 7.06. The van der Waals surface area contributed by atoms with Crippen LogP contribution in [0.4, 0.5) is 0 Å². The number of aliphatic carboxylic acids is 1. The Hall–Kier alpha value is -2.37. The first-order chi connectivity index (χ1) is 11.2. The molecule has 0 saturated heterocycles. The molecule has 0 heterocycles. The van der Waals surface area contributed by atoms with Gasteiger partial charge in [-0.05, 0) is 23.6 Å². The van der Waals surface area contributed by atoms with Crippen LogP contribution in [0.25, 0.3) is 0 Å². The monoisotopic (exact) mass is 334 g/mol. The first kappa shape index (κ1) is 19.7. The van der Waals surface area contributed by atoms with Gasteiger partial charge in [-0.15, -0.1) is 0 Å². The number of rotatable bonds is 8. The molecule has 6 nitrogen and oxygen atoms in total. The van der Waals surface area contributed by atoms with Gasteiger partial charge < -0.3 is 15.3 Å². The van der Waals surface area contributed by atoms with E-state index < -0.39 is 5.97 Å². The summed E-state index contributed by atoms with van der Waals surface area (Å²) in [6.45, 7) is 6.31. The fraction of sp³-hybridized carbons (Fsp3) is 0.500. The molecule has 0 fully saturated rings. The van der Waals surface area contributed by atoms with E-state index in [1.807, 2.05) is 26.0 Å². The molecule has 132 valence electrons. The standard InChI is InChI=1S/C18H26N2O4/c1-12(2)18(24)20(4)11-14-5-7-15(8-6-14)17(23)19-10-13(3)9-16(21)22/h5-8,12-13H,9-11H2,1-4H3,(H,19,23)(H,21,22). The maximum absolute atomic E-state index is 12.0. The predicted molar refractivity (Wildman–Crippen MR) is 91.5 cm³/mol. The second-order valence-corrected chi connectivity index (χ2v) is 6.46. The fourth-order valence-corrected chi connectivity index (χ4v) is 2.29. The third-order valence-electron chi connectivity index (χ3n) is 3.64. The van der Waals surface area contributed by atoms with E-state index in [1.54, 1.807) is 31.0 Å². The molecule has 2 N–H and O–H groups in total. The molecule has 2 amide bonds. The summed E-state index contributed by atoms with van der Waals surface area (Å²) in [6.07, 6.45) is 0.0232. The Balaban J connectivity index is 2.56. The minimum absolute atomic E-state index is 0.0232. The topological polar surface area (TPSA) is 86.7 Å². The van der Waals surface area contributed by atoms with Crippen LogP contribution in [0.5, 0.6) is 0 Å². The van der Waals surface area contributed by atoms with Crippen LogP contribution < -0.4 is 5.32 Å². The molecule has 1 atom stereocenters. The Morgan fingerprint density at radius 2 is 1.71 bits per heavy atom. The van der Waals surface area contributed by atoms with Crippen LogP contribution in [0.15, 0.2) is 24.3 Å². The van der Waals surface area contributed by atoms with Gasteiger partial charge in [0, 0.05) is 38.0 Å². The zero-order chi connectivity index (χ0) is 18.3. The minimum atomic E-state index is -0.874. The second-order valence-electron chi connectivity index (χ2n) is 6.46. The molecule has 0 radical (unpaired) electrons. The van der Waals surface area contributed by atoms with Crippen molar-refractivity contribution in [1.82, 2.24) is 10.2 Å². The Bertz CT molecular complexity index is 581. The van der Waals surface area contributed by atoms with Gasteiger partial charge >= 0.3 is 5.97 Å². The van der Waals surface area contributed by atoms with Crippen molar-refractivity contribution in [3.63, 3.8) is 0 Å². The lowest BCUT2D eigenvalue weighted by molar-refractivity contribution is -0.138. The van der Waals surface area contributed by atoms with Crippen LogP contribution in [0, 0.1) is 11.8 Å². The van der Waals surface area contributed by atoms with Crippen molar-refractivity contribution in [3.05, 3.63) is 35.4 Å². The van der Waals surface area contributed by atoms with E-state index in [2.05, 4.69) is 5.32 Å². The van der Waals surface area contributed by atoms with E-state index in [1.165, 1.54) is 0 Å². The quantitative estimate of drug-likeness (QED) is 0.762. The van der Waals surface area contributed by atoms with Crippen molar-refractivity contribution in [1.29, 1.82) is 0 Å². The Morgan fingerprint density at radius 1 is 1.12 bits per heavy atom. The van der Waals surface area contributed by atoms with Gasteiger partial charge in [-0.2, -0.15) is 0 Å². The summed E-state index contributed by atoms with van der Waals surface area (Å²) >= 11 is 0. The molecule has 1 aromatic rings. The smallest absolute Gasteiger partial charge is 0.303 e. The van der Waals surface area contributed by atoms with Crippen molar-refractivity contribution in [3.8, 4) is 0 Å². The lowest BCUT2D eigenvalue weighted by Crippen LogP contribution is -2.30. The normalized spacial score (nSPS) is 11.9. The molecule has 0 aliphatic rings. The number of benzene rings is 1. The van der Waals surface area contributed by atoms with Gasteiger partial charge in [-0.1, -0.05) is 32.9 Å². The molecule has 0 aliphatic carbocycles. The highest BCUT2D eigenvalue weighted by Crippen LogP contribution is 2.09. The lowest BCUT2D eigenvalue weighted by atomic mass is 10.1. The summed E-state index contributed by atoms with van der Waals surface area (Å²) in [5, 5.41) is 11.4. The van der Waals surface area contributed by atoms with E-state index in [-0.39, 0.29) is 30.1 Å². The van der Waals surface area contributed by atoms with Crippen LogP contribution in [0.2, 0.25) is 0 Å². The van der Waals surface area contributed by atoms with E-state index in [0.29, 0.717) is 18.7 Å². The van der Waals surface area contributed by atoms with Crippen LogP contribution in [-0.4, -0.2) is 41.4 Å². The summed E-state index contributed by atoms with van der Waals surface area (Å²) in [7, 11) is 1.76. The number of nitrogens with zero attached hydrogens (tertiary/aromatic N) is 1. The van der Waals surface area contributed by atoms with Crippen molar-refractivity contribution < 1.29 is 19.5 Å². The number of hydrogen-bond acceptors (Lipinski definition) is 3. The number of carboxylic acids is 1. The molecule has 0 aliphatic heterocycles. The number of amides is 2. The lowest BCUT2D eigenvalue weighted by Gasteiger charge is -2.19. The molecule has 1 rings (SSSR count). The van der Waals surface area contributed by atoms with E-state index in [4.69, 9.17) is 5.11 Å². The van der Waals surface area contributed by atoms with Crippen LogP contribution in [0.3, 0.4) is 0 Å². The molecular formula is C18H26N2O4. The Morgan fingerprint density at radius 3 is 2.21 bits per heavy atom. The SMILES string of the molecule is CC(CNC(=O)c1ccc(CN(C)C(=O)C(C)C)cc1)CC(=O)O. The zero-order valence-electron chi connectivity index (χ0n) is 14.7. The molecule has 0 spiro atoms. The van der Waals surface area contributed by atoms with Crippen LogP contribution >= 0.6 is 0 Å². The molecule has 0 aromatic heterocycles. The predicted octanol–water partition coefficient (Wildman–Crippen LogP) is 2.14. The maximum Gasteiger partial charge on any atom is 0.303 e. The first-order valence-corrected chi connectivity index (χ1v) is 8.04. The number of carbonyl (C=O) groups excluding carboxylic acids is 2. The summed E-state index contributed by atoms with van der Waals surface area (Å²) in [4.78, 5) is 36.2. The van der Waals surface area contributed by atoms with Gasteiger partial charge in [0.1, 0.15) is 0 Å². The largest absolute Gasteiger partial charge is 0.481 e. The highest BCUT2D eigenvalue weighted by Gasteiger charge is 2.14. The molecular weight excluding hydrogens is 308 g/mol. The third kappa shape index (κ3) is 6.40. The van der Waals surface area contributed by atoms with Crippen molar-refractivity contribution in [2.24, 2.45) is 11.8 Å². The van der Waals surface area contributed by atoms with Crippen LogP contribution in [0.1, 0.15) is 43.1 Å². The summed E-state index contributed by atoms with van der Waals surface area (Å²) in [5.41, 5.74) is 1.46. The van der Waals surface area contributed by atoms with Crippen molar-refractivity contribution in [2.45, 2.75) is 33.7 Å². The van der Waals surface area contributed by atoms with Gasteiger partial charge in [0.05, 0.1) is 0 Å². The zero-order valence-corrected chi connectivity index (χ0v) is 14.7. The van der Waals surface area contributed by atoms with Crippen LogP contribution in [-0.2, 0) is 16.1 Å². The van der Waals surface area contributed by atoms with Gasteiger partial charge in [0.25, 0.3) is 5.91 Å². The van der Waals surface area contributed by atoms with Gasteiger partial charge in [-0.25, -0.2) is 0 Å². The average Bonchev–Trinajstić information content (AvgIpc) is 2.51. The van der Waals surface area contributed by atoms with E-state index in [0.717, 1.165) is 5.56 Å². The molecule has 6 heteroatoms. The number of hydrogen-bond donors (Lipinski definition) is 2. The number of nitrogens with one attached hydrogen (secondary N) is 1. The number of carbonyl (C=O) groups is 3. The summed E-state index contributed by atoms with van der Waals surface area (Å²) < 4.78 is 0. The first-order valence-electron chi connectivity index (χ1n) is 8.04. The average molecular weight is 334 g/mol. The maximum atomic E-state index is 12.0. The molecule has 24 heavy (non-hydrogen) atoms. The Kier molecular flexibility index (Phi) is 7.42. The van der Waals surface area contributed by atoms with Crippen molar-refractivity contribution >= 4 is 17.8 Å². The number of carboxylic acid groups (broad SMARTS) is 1. The molecule has 0 bridgehead atoms. The molecule has 0 saturated carbocycles. The summed E-state index contributed by atoms with van der Waals surface area (Å²) in [5.74, 6) is -1.20. The minimum Gasteiger partial charge on any atom is -0.481 e. The highest BCUT2D eigenvalue weighted by molar-refractivity contribution is 5.94. The van der Waals surface area contributed by atoms with Crippen molar-refractivity contribution in [2.75, 3.05) is 13.6 Å². The highest BCUT2D eigenvalue weighted by atomic mass is 16.4. The van der Waals surface area contributed by atoms with E-state index >= 15 is 0 Å². The van der Waals surface area contributed by atoms with E-state index in [9.17, 15) is 14.4 Å². The van der Waals surface area contributed by atoms with Gasteiger partial charge in [-0.3, -0.25) is 14.4 Å². The van der Waals surface area contributed by atoms with Gasteiger partial charge in [0.2, 0.25) is 5.91 Å². The Labute approximate surface area is 142 Å². The molecule has 1 unspecified atom stereocenters. The third-order valence-corrected chi connectivity index (χ3v) is 3.64. The fourth-order valence-electron chi connectivity index (χ4n) is 2.29. The molecule has 1 aromatic carbocycles. The second kappa shape index (κ2) is 9.05. The van der Waals surface area contributed by atoms with Gasteiger partial charge in [0.15, 0.2) is 0 Å².